The monoisotopic (exact) mass is 406 g/mol. The minimum Gasteiger partial charge on any atom is -0.206 e. The van der Waals surface area contributed by atoms with E-state index >= 15 is 0 Å². The fourth-order valence-corrected chi connectivity index (χ4v) is 3.19. The van der Waals surface area contributed by atoms with Gasteiger partial charge >= 0.3 is 0 Å². The smallest absolute Gasteiger partial charge is 0.131 e. The summed E-state index contributed by atoms with van der Waals surface area (Å²) in [5.41, 5.74) is 1.42. The molecular weight excluding hydrogens is 397 g/mol. The highest BCUT2D eigenvalue weighted by atomic mass is 79.9. The largest absolute Gasteiger partial charge is 0.206 e. The molecule has 0 bridgehead atoms. The van der Waals surface area contributed by atoms with Gasteiger partial charge < -0.3 is 0 Å². The number of hydrogen-bond donors (Lipinski definition) is 0. The molecular formula is C15H11Br2F3. The number of aryl methyl sites for hydroxylation is 2. The number of halogens is 5. The van der Waals surface area contributed by atoms with Crippen molar-refractivity contribution in [1.82, 2.24) is 0 Å². The van der Waals surface area contributed by atoms with Crippen LogP contribution in [0.15, 0.2) is 28.7 Å². The van der Waals surface area contributed by atoms with Gasteiger partial charge in [-0.25, -0.2) is 13.2 Å². The van der Waals surface area contributed by atoms with Crippen molar-refractivity contribution >= 4 is 31.9 Å². The van der Waals surface area contributed by atoms with Crippen LogP contribution in [0.4, 0.5) is 13.2 Å². The summed E-state index contributed by atoms with van der Waals surface area (Å²) in [5, 5.41) is 0. The van der Waals surface area contributed by atoms with E-state index in [0.717, 1.165) is 0 Å². The van der Waals surface area contributed by atoms with Gasteiger partial charge in [-0.05, 0) is 42.7 Å². The van der Waals surface area contributed by atoms with Crippen LogP contribution < -0.4 is 0 Å². The molecule has 0 amide bonds. The summed E-state index contributed by atoms with van der Waals surface area (Å²) < 4.78 is 41.9. The average Bonchev–Trinajstić information content (AvgIpc) is 2.33. The summed E-state index contributed by atoms with van der Waals surface area (Å²) >= 11 is 6.34. The maximum atomic E-state index is 14.0. The van der Waals surface area contributed by atoms with Gasteiger partial charge in [0, 0.05) is 10.0 Å². The van der Waals surface area contributed by atoms with E-state index in [4.69, 9.17) is 0 Å². The van der Waals surface area contributed by atoms with Gasteiger partial charge in [0.15, 0.2) is 0 Å². The molecule has 0 heterocycles. The molecule has 0 saturated carbocycles. The van der Waals surface area contributed by atoms with Crippen LogP contribution in [0.3, 0.4) is 0 Å². The lowest BCUT2D eigenvalue weighted by Crippen LogP contribution is -2.03. The van der Waals surface area contributed by atoms with E-state index in [1.807, 2.05) is 0 Å². The highest BCUT2D eigenvalue weighted by Crippen LogP contribution is 2.36. The van der Waals surface area contributed by atoms with Gasteiger partial charge in [-0.15, -0.1) is 0 Å². The van der Waals surface area contributed by atoms with Crippen molar-refractivity contribution in [3.63, 3.8) is 0 Å². The standard InChI is InChI=1S/C15H11Br2F3/c1-7-3-9(4-8(2)15(7)20)14(17)13-11(18)5-10(16)6-12(13)19/h3-6,14H,1-2H3. The van der Waals surface area contributed by atoms with Crippen LogP contribution in [-0.2, 0) is 0 Å². The van der Waals surface area contributed by atoms with Crippen molar-refractivity contribution in [3.05, 3.63) is 68.4 Å². The van der Waals surface area contributed by atoms with Crippen molar-refractivity contribution in [3.8, 4) is 0 Å². The van der Waals surface area contributed by atoms with Gasteiger partial charge in [-0.1, -0.05) is 44.0 Å². The lowest BCUT2D eigenvalue weighted by Gasteiger charge is -2.15. The van der Waals surface area contributed by atoms with Gasteiger partial charge in [-0.3, -0.25) is 0 Å². The van der Waals surface area contributed by atoms with Crippen LogP contribution in [0.2, 0.25) is 0 Å². The van der Waals surface area contributed by atoms with E-state index in [0.29, 0.717) is 21.2 Å². The van der Waals surface area contributed by atoms with Gasteiger partial charge in [-0.2, -0.15) is 0 Å². The normalized spacial score (nSPS) is 12.6. The lowest BCUT2D eigenvalue weighted by molar-refractivity contribution is 0.559. The van der Waals surface area contributed by atoms with E-state index in [1.165, 1.54) is 12.1 Å². The summed E-state index contributed by atoms with van der Waals surface area (Å²) in [7, 11) is 0. The summed E-state index contributed by atoms with van der Waals surface area (Å²) in [6, 6.07) is 5.58. The molecule has 0 radical (unpaired) electrons. The molecule has 20 heavy (non-hydrogen) atoms. The Labute approximate surface area is 132 Å². The zero-order valence-corrected chi connectivity index (χ0v) is 13.9. The topological polar surface area (TPSA) is 0 Å². The third-order valence-electron chi connectivity index (χ3n) is 3.05. The number of hydrogen-bond acceptors (Lipinski definition) is 0. The van der Waals surface area contributed by atoms with Crippen LogP contribution in [-0.4, -0.2) is 0 Å². The van der Waals surface area contributed by atoms with Crippen LogP contribution >= 0.6 is 31.9 Å². The maximum Gasteiger partial charge on any atom is 0.131 e. The SMILES string of the molecule is Cc1cc(C(Br)c2c(F)cc(Br)cc2F)cc(C)c1F. The number of rotatable bonds is 2. The molecule has 0 N–H and O–H groups in total. The Morgan fingerprint density at radius 2 is 1.35 bits per heavy atom. The van der Waals surface area contributed by atoms with Gasteiger partial charge in [0.2, 0.25) is 0 Å². The second-order valence-corrected chi connectivity index (χ2v) is 6.45. The fourth-order valence-electron chi connectivity index (χ4n) is 2.09. The molecule has 2 rings (SSSR count). The zero-order chi connectivity index (χ0) is 15.0. The lowest BCUT2D eigenvalue weighted by atomic mass is 9.99. The summed E-state index contributed by atoms with van der Waals surface area (Å²) in [4.78, 5) is -0.673. The Bertz CT molecular complexity index is 622. The molecule has 0 fully saturated rings. The molecule has 0 saturated heterocycles. The predicted octanol–water partition coefficient (Wildman–Crippen LogP) is 5.97. The second kappa shape index (κ2) is 5.90. The zero-order valence-electron chi connectivity index (χ0n) is 10.8. The van der Waals surface area contributed by atoms with Crippen LogP contribution in [0.5, 0.6) is 0 Å². The van der Waals surface area contributed by atoms with E-state index in [-0.39, 0.29) is 11.4 Å². The molecule has 0 aliphatic carbocycles. The van der Waals surface area contributed by atoms with Crippen LogP contribution in [0.1, 0.15) is 27.1 Å². The molecule has 1 atom stereocenters. The van der Waals surface area contributed by atoms with Crippen LogP contribution in [0.25, 0.3) is 0 Å². The van der Waals surface area contributed by atoms with Gasteiger partial charge in [0.1, 0.15) is 17.5 Å². The van der Waals surface area contributed by atoms with E-state index in [9.17, 15) is 13.2 Å². The Morgan fingerprint density at radius 3 is 1.80 bits per heavy atom. The molecule has 0 nitrogen and oxygen atoms in total. The van der Waals surface area contributed by atoms with E-state index in [2.05, 4.69) is 31.9 Å². The minimum absolute atomic E-state index is 0.0846. The number of alkyl halides is 1. The molecule has 0 aliphatic rings. The van der Waals surface area contributed by atoms with Crippen molar-refractivity contribution in [2.24, 2.45) is 0 Å². The van der Waals surface area contributed by atoms with Crippen molar-refractivity contribution in [2.45, 2.75) is 18.7 Å². The van der Waals surface area contributed by atoms with E-state index < -0.39 is 16.5 Å². The highest BCUT2D eigenvalue weighted by Gasteiger charge is 2.21. The summed E-state index contributed by atoms with van der Waals surface area (Å²) in [6.07, 6.45) is 0. The average molecular weight is 408 g/mol. The van der Waals surface area contributed by atoms with Gasteiger partial charge in [0.25, 0.3) is 0 Å². The van der Waals surface area contributed by atoms with Crippen LogP contribution in [0, 0.1) is 31.3 Å². The molecule has 0 spiro atoms. The fraction of sp³-hybridized carbons (Fsp3) is 0.200. The summed E-state index contributed by atoms with van der Waals surface area (Å²) in [5.74, 6) is -1.61. The first-order valence-electron chi connectivity index (χ1n) is 5.86. The molecule has 1 unspecified atom stereocenters. The number of benzene rings is 2. The van der Waals surface area contributed by atoms with Crippen molar-refractivity contribution in [2.75, 3.05) is 0 Å². The second-order valence-electron chi connectivity index (χ2n) is 4.61. The molecule has 2 aromatic rings. The Morgan fingerprint density at radius 1 is 0.900 bits per heavy atom. The molecule has 2 aromatic carbocycles. The van der Waals surface area contributed by atoms with E-state index in [1.54, 1.807) is 26.0 Å². The predicted molar refractivity (Wildman–Crippen MR) is 80.7 cm³/mol. The Hall–Kier alpha value is -0.810. The summed E-state index contributed by atoms with van der Waals surface area (Å²) in [6.45, 7) is 3.25. The first-order valence-corrected chi connectivity index (χ1v) is 7.57. The first-order chi connectivity index (χ1) is 9.31. The quantitative estimate of drug-likeness (QED) is 0.538. The Balaban J connectivity index is 2.55. The minimum atomic E-state index is -0.673. The molecule has 106 valence electrons. The third-order valence-corrected chi connectivity index (χ3v) is 4.49. The molecule has 5 heteroatoms. The van der Waals surface area contributed by atoms with Crippen molar-refractivity contribution < 1.29 is 13.2 Å². The van der Waals surface area contributed by atoms with Crippen molar-refractivity contribution in [1.29, 1.82) is 0 Å². The first kappa shape index (κ1) is 15.6. The Kier molecular flexibility index (Phi) is 4.59. The maximum absolute atomic E-state index is 14.0. The third kappa shape index (κ3) is 2.93. The molecule has 0 aliphatic heterocycles. The van der Waals surface area contributed by atoms with Gasteiger partial charge in [0.05, 0.1) is 4.83 Å². The highest BCUT2D eigenvalue weighted by molar-refractivity contribution is 9.10. The molecule has 0 aromatic heterocycles.